The molecule has 2 fully saturated rings. The van der Waals surface area contributed by atoms with Crippen LogP contribution in [-0.4, -0.2) is 84.2 Å². The Morgan fingerprint density at radius 2 is 1.71 bits per heavy atom. The SMILES string of the molecule is COc1ccc(S(=O)(=O)N2CCC(OCC(=O)NCC3CCC(C(c4ccc(Cl)cc4)N(C)C)CC3)C2)cc1OC. The Morgan fingerprint density at radius 1 is 1.02 bits per heavy atom. The fourth-order valence-electron chi connectivity index (χ4n) is 6.04. The zero-order valence-electron chi connectivity index (χ0n) is 24.3. The molecule has 1 saturated heterocycles. The summed E-state index contributed by atoms with van der Waals surface area (Å²) in [5.41, 5.74) is 1.29. The highest BCUT2D eigenvalue weighted by atomic mass is 35.5. The minimum Gasteiger partial charge on any atom is -0.493 e. The molecule has 2 atom stereocenters. The summed E-state index contributed by atoms with van der Waals surface area (Å²) in [6.45, 7) is 1.08. The van der Waals surface area contributed by atoms with E-state index >= 15 is 0 Å². The van der Waals surface area contributed by atoms with E-state index in [4.69, 9.17) is 25.8 Å². The molecule has 1 heterocycles. The lowest BCUT2D eigenvalue weighted by Gasteiger charge is -2.37. The van der Waals surface area contributed by atoms with E-state index in [9.17, 15) is 13.2 Å². The van der Waals surface area contributed by atoms with Crippen molar-refractivity contribution in [1.82, 2.24) is 14.5 Å². The molecule has 4 rings (SSSR count). The molecule has 1 aliphatic carbocycles. The van der Waals surface area contributed by atoms with Gasteiger partial charge in [0.1, 0.15) is 6.61 Å². The Morgan fingerprint density at radius 3 is 2.34 bits per heavy atom. The standard InChI is InChI=1S/C30H42ClN3O6S/c1-33(2)30(23-9-11-24(31)12-10-23)22-7-5-21(6-8-22)18-32-29(35)20-40-25-15-16-34(19-25)41(36,37)26-13-14-27(38-3)28(17-26)39-4/h9-14,17,21-22,25,30H,5-8,15-16,18-20H2,1-4H3,(H,32,35). The Bertz CT molecular complexity index is 1270. The van der Waals surface area contributed by atoms with Crippen molar-refractivity contribution in [2.45, 2.75) is 49.1 Å². The van der Waals surface area contributed by atoms with Crippen molar-refractivity contribution in [2.75, 3.05) is 54.6 Å². The number of nitrogens with zero attached hydrogens (tertiary/aromatic N) is 2. The van der Waals surface area contributed by atoms with Gasteiger partial charge in [-0.15, -0.1) is 0 Å². The first-order valence-corrected chi connectivity index (χ1v) is 16.0. The lowest BCUT2D eigenvalue weighted by molar-refractivity contribution is -0.127. The summed E-state index contributed by atoms with van der Waals surface area (Å²) >= 11 is 6.10. The number of carbonyl (C=O) groups is 1. The van der Waals surface area contributed by atoms with E-state index in [0.29, 0.717) is 48.9 Å². The number of amides is 1. The Balaban J connectivity index is 1.19. The van der Waals surface area contributed by atoms with Gasteiger partial charge in [-0.2, -0.15) is 4.31 Å². The Labute approximate surface area is 249 Å². The molecule has 2 aromatic rings. The molecule has 0 radical (unpaired) electrons. The number of hydrogen-bond donors (Lipinski definition) is 1. The third kappa shape index (κ3) is 7.93. The van der Waals surface area contributed by atoms with Crippen molar-refractivity contribution >= 4 is 27.5 Å². The van der Waals surface area contributed by atoms with E-state index in [1.54, 1.807) is 6.07 Å². The summed E-state index contributed by atoms with van der Waals surface area (Å²) in [4.78, 5) is 15.0. The van der Waals surface area contributed by atoms with Crippen LogP contribution in [0.25, 0.3) is 0 Å². The highest BCUT2D eigenvalue weighted by Crippen LogP contribution is 2.39. The van der Waals surface area contributed by atoms with Gasteiger partial charge < -0.3 is 24.4 Å². The number of benzene rings is 2. The summed E-state index contributed by atoms with van der Waals surface area (Å²) in [5, 5.41) is 3.77. The number of sulfonamides is 1. The van der Waals surface area contributed by atoms with Crippen LogP contribution in [0.3, 0.4) is 0 Å². The highest BCUT2D eigenvalue weighted by molar-refractivity contribution is 7.89. The van der Waals surface area contributed by atoms with Gasteiger partial charge in [-0.1, -0.05) is 23.7 Å². The van der Waals surface area contributed by atoms with Gasteiger partial charge in [-0.05, 0) is 87.9 Å². The average Bonchev–Trinajstić information content (AvgIpc) is 3.46. The van der Waals surface area contributed by atoms with E-state index in [-0.39, 0.29) is 30.1 Å². The van der Waals surface area contributed by atoms with Crippen molar-refractivity contribution in [3.8, 4) is 11.5 Å². The van der Waals surface area contributed by atoms with Crippen molar-refractivity contribution in [1.29, 1.82) is 0 Å². The summed E-state index contributed by atoms with van der Waals surface area (Å²) in [5.74, 6) is 1.65. The quantitative estimate of drug-likeness (QED) is 0.383. The maximum absolute atomic E-state index is 13.1. The van der Waals surface area contributed by atoms with Gasteiger partial charge in [0.25, 0.3) is 0 Å². The lowest BCUT2D eigenvalue weighted by Crippen LogP contribution is -2.37. The van der Waals surface area contributed by atoms with Gasteiger partial charge in [0.2, 0.25) is 15.9 Å². The normalized spacial score (nSPS) is 22.4. The maximum Gasteiger partial charge on any atom is 0.246 e. The molecule has 0 aromatic heterocycles. The van der Waals surface area contributed by atoms with Crippen LogP contribution in [0.4, 0.5) is 0 Å². The Kier molecular flexibility index (Phi) is 10.9. The lowest BCUT2D eigenvalue weighted by atomic mass is 9.76. The topological polar surface area (TPSA) is 97.4 Å². The molecule has 2 aromatic carbocycles. The number of nitrogens with one attached hydrogen (secondary N) is 1. The summed E-state index contributed by atoms with van der Waals surface area (Å²) in [6.07, 6.45) is 4.54. The second kappa shape index (κ2) is 14.2. The third-order valence-electron chi connectivity index (χ3n) is 8.24. The first-order valence-electron chi connectivity index (χ1n) is 14.1. The predicted molar refractivity (Wildman–Crippen MR) is 159 cm³/mol. The fraction of sp³-hybridized carbons (Fsp3) is 0.567. The number of ether oxygens (including phenoxy) is 3. The fourth-order valence-corrected chi connectivity index (χ4v) is 7.67. The molecule has 226 valence electrons. The molecule has 2 unspecified atom stereocenters. The molecule has 9 nitrogen and oxygen atoms in total. The Hall–Kier alpha value is -2.37. The van der Waals surface area contributed by atoms with Gasteiger partial charge in [0.15, 0.2) is 11.5 Å². The molecule has 1 saturated carbocycles. The van der Waals surface area contributed by atoms with E-state index < -0.39 is 10.0 Å². The largest absolute Gasteiger partial charge is 0.493 e. The van der Waals surface area contributed by atoms with Crippen LogP contribution >= 0.6 is 11.6 Å². The van der Waals surface area contributed by atoms with Crippen molar-refractivity contribution < 1.29 is 27.4 Å². The smallest absolute Gasteiger partial charge is 0.246 e. The van der Waals surface area contributed by atoms with Crippen molar-refractivity contribution in [3.63, 3.8) is 0 Å². The van der Waals surface area contributed by atoms with Crippen molar-refractivity contribution in [2.24, 2.45) is 11.8 Å². The molecular formula is C30H42ClN3O6S. The molecular weight excluding hydrogens is 566 g/mol. The molecule has 41 heavy (non-hydrogen) atoms. The second-order valence-electron chi connectivity index (χ2n) is 11.1. The number of carbonyl (C=O) groups excluding carboxylic acids is 1. The zero-order chi connectivity index (χ0) is 29.6. The monoisotopic (exact) mass is 607 g/mol. The van der Waals surface area contributed by atoms with Gasteiger partial charge in [-0.3, -0.25) is 4.79 Å². The molecule has 1 amide bonds. The summed E-state index contributed by atoms with van der Waals surface area (Å²) in [7, 11) is 3.50. The third-order valence-corrected chi connectivity index (χ3v) is 10.4. The minimum atomic E-state index is -3.72. The van der Waals surface area contributed by atoms with E-state index in [2.05, 4.69) is 36.4 Å². The van der Waals surface area contributed by atoms with Gasteiger partial charge in [0.05, 0.1) is 25.2 Å². The maximum atomic E-state index is 13.1. The number of halogens is 1. The number of methoxy groups -OCH3 is 2. The van der Waals surface area contributed by atoms with Crippen LogP contribution < -0.4 is 14.8 Å². The van der Waals surface area contributed by atoms with Gasteiger partial charge >= 0.3 is 0 Å². The van der Waals surface area contributed by atoms with Crippen LogP contribution in [0.2, 0.25) is 5.02 Å². The van der Waals surface area contributed by atoms with Crippen LogP contribution in [-0.2, 0) is 19.6 Å². The van der Waals surface area contributed by atoms with E-state index in [1.807, 2.05) is 12.1 Å². The second-order valence-corrected chi connectivity index (χ2v) is 13.5. The predicted octanol–water partition coefficient (Wildman–Crippen LogP) is 4.36. The number of hydrogen-bond acceptors (Lipinski definition) is 7. The molecule has 1 aliphatic heterocycles. The summed E-state index contributed by atoms with van der Waals surface area (Å²) in [6, 6.07) is 13.0. The minimum absolute atomic E-state index is 0.0798. The average molecular weight is 608 g/mol. The number of rotatable bonds is 12. The molecule has 2 aliphatic rings. The van der Waals surface area contributed by atoms with Crippen molar-refractivity contribution in [3.05, 3.63) is 53.1 Å². The first-order chi connectivity index (χ1) is 19.6. The molecule has 0 bridgehead atoms. The van der Waals surface area contributed by atoms with E-state index in [1.165, 1.54) is 36.2 Å². The summed E-state index contributed by atoms with van der Waals surface area (Å²) < 4.78 is 43.9. The molecule has 0 spiro atoms. The first kappa shape index (κ1) is 31.6. The van der Waals surface area contributed by atoms with E-state index in [0.717, 1.165) is 30.7 Å². The molecule has 11 heteroatoms. The highest BCUT2D eigenvalue weighted by Gasteiger charge is 2.34. The van der Waals surface area contributed by atoms with Crippen LogP contribution in [0.1, 0.15) is 43.7 Å². The van der Waals surface area contributed by atoms with Gasteiger partial charge in [-0.25, -0.2) is 8.42 Å². The van der Waals surface area contributed by atoms with Crippen LogP contribution in [0.15, 0.2) is 47.4 Å². The van der Waals surface area contributed by atoms with Crippen LogP contribution in [0, 0.1) is 11.8 Å². The molecule has 1 N–H and O–H groups in total. The zero-order valence-corrected chi connectivity index (χ0v) is 25.9. The van der Waals surface area contributed by atoms with Gasteiger partial charge in [0, 0.05) is 36.8 Å². The van der Waals surface area contributed by atoms with Crippen LogP contribution in [0.5, 0.6) is 11.5 Å².